The second-order valence-electron chi connectivity index (χ2n) is 6.57. The van der Waals surface area contributed by atoms with Crippen molar-refractivity contribution in [1.29, 1.82) is 0 Å². The smallest absolute Gasteiger partial charge is 0.0414 e. The number of hydrogen-bond donors (Lipinski definition) is 1. The minimum absolute atomic E-state index is 0.505. The number of likely N-dealkylation sites (N-methyl/N-ethyl adjacent to an activating group) is 2. The van der Waals surface area contributed by atoms with Gasteiger partial charge in [-0.1, -0.05) is 31.5 Å². The van der Waals surface area contributed by atoms with Crippen LogP contribution in [0.3, 0.4) is 0 Å². The molecule has 0 aliphatic rings. The third-order valence-electron chi connectivity index (χ3n) is 3.75. The van der Waals surface area contributed by atoms with E-state index in [0.29, 0.717) is 12.1 Å². The molecule has 1 atom stereocenters. The van der Waals surface area contributed by atoms with E-state index in [9.17, 15) is 0 Å². The fourth-order valence-electron chi connectivity index (χ4n) is 2.80. The quantitative estimate of drug-likeness (QED) is 0.793. The molecule has 1 unspecified atom stereocenters. The molecule has 3 nitrogen and oxygen atoms in total. The predicted octanol–water partition coefficient (Wildman–Crippen LogP) is 3.27. The number of anilines is 1. The topological polar surface area (TPSA) is 18.5 Å². The van der Waals surface area contributed by atoms with Crippen LogP contribution in [0.25, 0.3) is 0 Å². The van der Waals surface area contributed by atoms with Crippen molar-refractivity contribution in [2.24, 2.45) is 0 Å². The molecule has 1 N–H and O–H groups in total. The highest BCUT2D eigenvalue weighted by Gasteiger charge is 2.16. The Bertz CT molecular complexity index is 426. The van der Waals surface area contributed by atoms with Crippen LogP contribution in [-0.4, -0.2) is 44.2 Å². The Morgan fingerprint density at radius 1 is 1.14 bits per heavy atom. The summed E-state index contributed by atoms with van der Waals surface area (Å²) in [5.74, 6) is 0. The molecule has 0 spiro atoms. The summed E-state index contributed by atoms with van der Waals surface area (Å²) in [6, 6.07) is 7.83. The molecule has 0 fully saturated rings. The molecular formula is C18H33N3. The van der Waals surface area contributed by atoms with Gasteiger partial charge in [0.2, 0.25) is 0 Å². The zero-order valence-corrected chi connectivity index (χ0v) is 14.9. The van der Waals surface area contributed by atoms with Crippen LogP contribution >= 0.6 is 0 Å². The van der Waals surface area contributed by atoms with Crippen molar-refractivity contribution < 1.29 is 0 Å². The summed E-state index contributed by atoms with van der Waals surface area (Å²) in [4.78, 5) is 4.77. The van der Waals surface area contributed by atoms with Gasteiger partial charge in [0.05, 0.1) is 0 Å². The molecule has 0 saturated heterocycles. The number of rotatable bonds is 8. The highest BCUT2D eigenvalue weighted by atomic mass is 15.2. The van der Waals surface area contributed by atoms with Gasteiger partial charge < -0.3 is 15.1 Å². The Hall–Kier alpha value is -1.06. The van der Waals surface area contributed by atoms with Crippen LogP contribution in [0.1, 0.15) is 38.8 Å². The molecule has 0 amide bonds. The van der Waals surface area contributed by atoms with Crippen molar-refractivity contribution in [3.8, 4) is 0 Å². The minimum atomic E-state index is 0.505. The third-order valence-corrected chi connectivity index (χ3v) is 3.75. The maximum Gasteiger partial charge on any atom is 0.0414 e. The maximum atomic E-state index is 3.55. The molecule has 0 aromatic heterocycles. The van der Waals surface area contributed by atoms with Crippen molar-refractivity contribution >= 4 is 5.69 Å². The van der Waals surface area contributed by atoms with E-state index in [4.69, 9.17) is 0 Å². The largest absolute Gasteiger partial charge is 0.368 e. The lowest BCUT2D eigenvalue weighted by Crippen LogP contribution is -2.40. The molecule has 0 saturated carbocycles. The van der Waals surface area contributed by atoms with Gasteiger partial charge in [-0.15, -0.1) is 0 Å². The van der Waals surface area contributed by atoms with Gasteiger partial charge >= 0.3 is 0 Å². The van der Waals surface area contributed by atoms with Crippen molar-refractivity contribution in [2.75, 3.05) is 32.1 Å². The number of nitrogens with zero attached hydrogens (tertiary/aromatic N) is 2. The van der Waals surface area contributed by atoms with Crippen LogP contribution in [0.5, 0.6) is 0 Å². The van der Waals surface area contributed by atoms with E-state index in [1.807, 2.05) is 0 Å². The number of aryl methyl sites for hydroxylation is 1. The monoisotopic (exact) mass is 291 g/mol. The lowest BCUT2D eigenvalue weighted by atomic mass is 10.1. The van der Waals surface area contributed by atoms with Crippen molar-refractivity contribution in [3.63, 3.8) is 0 Å². The fraction of sp³-hybridized carbons (Fsp3) is 0.667. The van der Waals surface area contributed by atoms with E-state index in [0.717, 1.165) is 19.6 Å². The predicted molar refractivity (Wildman–Crippen MR) is 94.2 cm³/mol. The number of nitrogens with one attached hydrogen (secondary N) is 1. The average molecular weight is 291 g/mol. The molecular weight excluding hydrogens is 258 g/mol. The zero-order valence-electron chi connectivity index (χ0n) is 14.9. The second-order valence-corrected chi connectivity index (χ2v) is 6.57. The Balaban J connectivity index is 3.01. The SMILES string of the molecule is CCN(c1ccc(C)cc1CNC(C)C)C(C)CN(C)C. The van der Waals surface area contributed by atoms with Crippen molar-refractivity contribution in [3.05, 3.63) is 29.3 Å². The second kappa shape index (κ2) is 8.40. The Morgan fingerprint density at radius 3 is 2.33 bits per heavy atom. The van der Waals surface area contributed by atoms with E-state index in [1.54, 1.807) is 0 Å². The van der Waals surface area contributed by atoms with Crippen molar-refractivity contribution in [2.45, 2.75) is 53.2 Å². The first kappa shape index (κ1) is 18.0. The van der Waals surface area contributed by atoms with E-state index in [2.05, 4.69) is 82.0 Å². The van der Waals surface area contributed by atoms with Gasteiger partial charge in [0.1, 0.15) is 0 Å². The Morgan fingerprint density at radius 2 is 1.81 bits per heavy atom. The third kappa shape index (κ3) is 5.68. The Labute approximate surface area is 131 Å². The van der Waals surface area contributed by atoms with Crippen LogP contribution in [0.2, 0.25) is 0 Å². The fourth-order valence-corrected chi connectivity index (χ4v) is 2.80. The molecule has 0 heterocycles. The molecule has 21 heavy (non-hydrogen) atoms. The van der Waals surface area contributed by atoms with Gasteiger partial charge in [-0.3, -0.25) is 0 Å². The first-order valence-corrected chi connectivity index (χ1v) is 8.09. The minimum Gasteiger partial charge on any atom is -0.368 e. The summed E-state index contributed by atoms with van der Waals surface area (Å²) in [6.07, 6.45) is 0. The van der Waals surface area contributed by atoms with Gasteiger partial charge in [0, 0.05) is 37.4 Å². The van der Waals surface area contributed by atoms with E-state index < -0.39 is 0 Å². The Kier molecular flexibility index (Phi) is 7.20. The summed E-state index contributed by atoms with van der Waals surface area (Å²) in [6.45, 7) is 14.1. The summed E-state index contributed by atoms with van der Waals surface area (Å²) in [5, 5.41) is 3.55. The lowest BCUT2D eigenvalue weighted by Gasteiger charge is -2.34. The summed E-state index contributed by atoms with van der Waals surface area (Å²) >= 11 is 0. The van der Waals surface area contributed by atoms with Crippen LogP contribution in [0, 0.1) is 6.92 Å². The molecule has 1 aromatic carbocycles. The normalized spacial score (nSPS) is 13.0. The number of hydrogen-bond acceptors (Lipinski definition) is 3. The standard InChI is InChI=1S/C18H33N3/c1-8-21(16(5)13-20(6)7)18-10-9-15(4)11-17(18)12-19-14(2)3/h9-11,14,16,19H,8,12-13H2,1-7H3. The van der Waals surface area contributed by atoms with Crippen LogP contribution in [0.15, 0.2) is 18.2 Å². The van der Waals surface area contributed by atoms with Crippen LogP contribution in [-0.2, 0) is 6.54 Å². The molecule has 120 valence electrons. The highest BCUT2D eigenvalue weighted by molar-refractivity contribution is 5.55. The van der Waals surface area contributed by atoms with Crippen molar-refractivity contribution in [1.82, 2.24) is 10.2 Å². The summed E-state index contributed by atoms with van der Waals surface area (Å²) < 4.78 is 0. The van der Waals surface area contributed by atoms with Gasteiger partial charge in [-0.05, 0) is 46.5 Å². The zero-order chi connectivity index (χ0) is 16.0. The summed E-state index contributed by atoms with van der Waals surface area (Å²) in [5.41, 5.74) is 4.09. The van der Waals surface area contributed by atoms with E-state index in [-0.39, 0.29) is 0 Å². The van der Waals surface area contributed by atoms with E-state index in [1.165, 1.54) is 16.8 Å². The molecule has 1 aromatic rings. The van der Waals surface area contributed by atoms with Gasteiger partial charge in [-0.25, -0.2) is 0 Å². The van der Waals surface area contributed by atoms with Gasteiger partial charge in [-0.2, -0.15) is 0 Å². The first-order chi connectivity index (χ1) is 9.85. The van der Waals surface area contributed by atoms with Gasteiger partial charge in [0.15, 0.2) is 0 Å². The highest BCUT2D eigenvalue weighted by Crippen LogP contribution is 2.24. The average Bonchev–Trinajstić information content (AvgIpc) is 2.38. The number of benzene rings is 1. The summed E-state index contributed by atoms with van der Waals surface area (Å²) in [7, 11) is 4.28. The molecule has 0 aliphatic heterocycles. The van der Waals surface area contributed by atoms with Crippen LogP contribution < -0.4 is 10.2 Å². The molecule has 0 bridgehead atoms. The first-order valence-electron chi connectivity index (χ1n) is 8.09. The van der Waals surface area contributed by atoms with Gasteiger partial charge in [0.25, 0.3) is 0 Å². The molecule has 1 rings (SSSR count). The molecule has 3 heteroatoms. The maximum absolute atomic E-state index is 3.55. The van der Waals surface area contributed by atoms with E-state index >= 15 is 0 Å². The lowest BCUT2D eigenvalue weighted by molar-refractivity contribution is 0.372. The molecule has 0 aliphatic carbocycles. The molecule has 0 radical (unpaired) electrons. The van der Waals surface area contributed by atoms with Crippen LogP contribution in [0.4, 0.5) is 5.69 Å².